The molecule has 0 saturated heterocycles. The van der Waals surface area contributed by atoms with Gasteiger partial charge in [-0.25, -0.2) is 0 Å². The molecular formula is C8H12ClIn. The molecule has 0 nitrogen and oxygen atoms in total. The first-order valence-corrected chi connectivity index (χ1v) is 7.69. The number of rotatable bonds is 0. The summed E-state index contributed by atoms with van der Waals surface area (Å²) in [5.41, 5.74) is 0. The molecule has 0 saturated carbocycles. The van der Waals surface area contributed by atoms with Gasteiger partial charge in [-0.15, -0.1) is 0 Å². The summed E-state index contributed by atoms with van der Waals surface area (Å²) in [6.07, 6.45) is 14.0. The molecule has 1 rings (SSSR count). The molecule has 0 N–H and O–H groups in total. The Hall–Kier alpha value is 0.640. The predicted octanol–water partition coefficient (Wildman–Crippen LogP) is 2.98. The molecule has 0 amide bonds. The van der Waals surface area contributed by atoms with E-state index in [-0.39, 0.29) is 0 Å². The van der Waals surface area contributed by atoms with Gasteiger partial charge in [0.2, 0.25) is 0 Å². The van der Waals surface area contributed by atoms with E-state index in [1.54, 1.807) is 0 Å². The van der Waals surface area contributed by atoms with Crippen LogP contribution in [0.1, 0.15) is 25.7 Å². The number of hydrogen-bond donors (Lipinski definition) is 0. The first kappa shape index (κ1) is 10.6. The molecule has 0 aromatic rings. The van der Waals surface area contributed by atoms with Crippen molar-refractivity contribution in [2.45, 2.75) is 25.7 Å². The van der Waals surface area contributed by atoms with Crippen molar-refractivity contribution in [1.82, 2.24) is 0 Å². The van der Waals surface area contributed by atoms with Gasteiger partial charge in [-0.05, 0) is 25.7 Å². The summed E-state index contributed by atoms with van der Waals surface area (Å²) in [4.78, 5) is 0. The third kappa shape index (κ3) is 6.76. The fourth-order valence-electron chi connectivity index (χ4n) is 0.856. The number of halogens is 1. The predicted molar refractivity (Wildman–Crippen MR) is 48.4 cm³/mol. The Kier molecular flexibility index (Phi) is 10.3. The third-order valence-corrected chi connectivity index (χ3v) is 1.33. The fourth-order valence-corrected chi connectivity index (χ4v) is 0.856. The zero-order chi connectivity index (χ0) is 7.66. The van der Waals surface area contributed by atoms with E-state index in [2.05, 4.69) is 24.3 Å². The van der Waals surface area contributed by atoms with Gasteiger partial charge < -0.3 is 0 Å². The Morgan fingerprint density at radius 2 is 0.900 bits per heavy atom. The van der Waals surface area contributed by atoms with Crippen molar-refractivity contribution in [2.24, 2.45) is 0 Å². The summed E-state index contributed by atoms with van der Waals surface area (Å²) in [7, 11) is 4.77. The maximum absolute atomic E-state index is 4.77. The summed E-state index contributed by atoms with van der Waals surface area (Å²) in [5, 5.41) is 0. The summed E-state index contributed by atoms with van der Waals surface area (Å²) < 4.78 is 0. The van der Waals surface area contributed by atoms with E-state index < -0.39 is 0 Å². The van der Waals surface area contributed by atoms with Crippen LogP contribution in [0.2, 0.25) is 0 Å². The van der Waals surface area contributed by atoms with Crippen LogP contribution in [-0.4, -0.2) is 23.2 Å². The average Bonchev–Trinajstić information content (AvgIpc) is 1.90. The van der Waals surface area contributed by atoms with Crippen LogP contribution in [0.4, 0.5) is 0 Å². The molecule has 1 aliphatic rings. The van der Waals surface area contributed by atoms with E-state index in [1.165, 1.54) is 25.7 Å². The van der Waals surface area contributed by atoms with Crippen LogP contribution in [0.5, 0.6) is 0 Å². The van der Waals surface area contributed by atoms with E-state index in [0.29, 0.717) is 0 Å². The topological polar surface area (TPSA) is 0 Å². The monoisotopic (exact) mass is 258 g/mol. The molecular weight excluding hydrogens is 246 g/mol. The Morgan fingerprint density at radius 3 is 1.10 bits per heavy atom. The maximum atomic E-state index is 4.77. The second-order valence-corrected chi connectivity index (χ2v) is 2.10. The Balaban J connectivity index is 0.000000371. The Labute approximate surface area is 81.5 Å². The van der Waals surface area contributed by atoms with Crippen molar-refractivity contribution >= 4 is 31.8 Å². The van der Waals surface area contributed by atoms with Crippen molar-refractivity contribution in [3.8, 4) is 0 Å². The number of allylic oxidation sites excluding steroid dienone is 4. The van der Waals surface area contributed by atoms with E-state index in [0.717, 1.165) is 23.2 Å². The number of hydrogen-bond acceptors (Lipinski definition) is 0. The van der Waals surface area contributed by atoms with Gasteiger partial charge in [-0.1, -0.05) is 24.3 Å². The molecule has 54 valence electrons. The van der Waals surface area contributed by atoms with Gasteiger partial charge in [-0.2, -0.15) is 0 Å². The second kappa shape index (κ2) is 9.64. The molecule has 0 fully saturated rings. The van der Waals surface area contributed by atoms with Crippen molar-refractivity contribution in [3.63, 3.8) is 0 Å². The standard InChI is InChI=1S/C8H12.ClH.In/c1-2-4-6-8-7-5-3-1;;/h1-2,7-8H,3-6H2;1H;/q;;+1/p-1/b2-1-,8-7?;;. The molecule has 1 aliphatic carbocycles. The second-order valence-electron chi connectivity index (χ2n) is 2.10. The van der Waals surface area contributed by atoms with E-state index >= 15 is 0 Å². The minimum atomic E-state index is 0.822. The average molecular weight is 258 g/mol. The molecule has 2 radical (unpaired) electrons. The first-order valence-electron chi connectivity index (χ1n) is 3.52. The SMILES string of the molecule is C1=CCC/C=C\CC1.[Cl][In]. The molecule has 0 aromatic heterocycles. The van der Waals surface area contributed by atoms with Gasteiger partial charge in [-0.3, -0.25) is 0 Å². The van der Waals surface area contributed by atoms with Crippen LogP contribution in [0.25, 0.3) is 0 Å². The van der Waals surface area contributed by atoms with E-state index in [1.807, 2.05) is 0 Å². The van der Waals surface area contributed by atoms with Gasteiger partial charge in [0.1, 0.15) is 0 Å². The van der Waals surface area contributed by atoms with Gasteiger partial charge in [0.15, 0.2) is 0 Å². The van der Waals surface area contributed by atoms with E-state index in [9.17, 15) is 0 Å². The molecule has 0 aromatic carbocycles. The molecule has 2 heteroatoms. The fraction of sp³-hybridized carbons (Fsp3) is 0.500. The van der Waals surface area contributed by atoms with Crippen molar-refractivity contribution in [2.75, 3.05) is 0 Å². The summed E-state index contributed by atoms with van der Waals surface area (Å²) in [6, 6.07) is 0. The quantitative estimate of drug-likeness (QED) is 0.586. The minimum absolute atomic E-state index is 0.822. The van der Waals surface area contributed by atoms with Crippen molar-refractivity contribution in [3.05, 3.63) is 24.3 Å². The molecule has 0 aliphatic heterocycles. The zero-order valence-corrected chi connectivity index (χ0v) is 10.1. The summed E-state index contributed by atoms with van der Waals surface area (Å²) >= 11 is 0.822. The summed E-state index contributed by atoms with van der Waals surface area (Å²) in [6.45, 7) is 0. The van der Waals surface area contributed by atoms with Crippen LogP contribution in [0.15, 0.2) is 24.3 Å². The van der Waals surface area contributed by atoms with Gasteiger partial charge in [0.25, 0.3) is 0 Å². The Bertz CT molecular complexity index is 81.8. The molecule has 0 atom stereocenters. The first-order chi connectivity index (χ1) is 5.00. The molecule has 0 bridgehead atoms. The molecule has 0 heterocycles. The van der Waals surface area contributed by atoms with Crippen molar-refractivity contribution < 1.29 is 0 Å². The molecule has 10 heavy (non-hydrogen) atoms. The van der Waals surface area contributed by atoms with Crippen LogP contribution in [0.3, 0.4) is 0 Å². The van der Waals surface area contributed by atoms with Crippen LogP contribution < -0.4 is 0 Å². The molecule has 0 spiro atoms. The molecule has 0 unspecified atom stereocenters. The van der Waals surface area contributed by atoms with Gasteiger partial charge in [0, 0.05) is 0 Å². The van der Waals surface area contributed by atoms with Crippen molar-refractivity contribution in [1.29, 1.82) is 0 Å². The van der Waals surface area contributed by atoms with E-state index in [4.69, 9.17) is 8.58 Å². The van der Waals surface area contributed by atoms with Crippen LogP contribution >= 0.6 is 8.58 Å². The Morgan fingerprint density at radius 1 is 0.700 bits per heavy atom. The van der Waals surface area contributed by atoms with Crippen LogP contribution in [0, 0.1) is 0 Å². The normalized spacial score (nSPS) is 19.7. The summed E-state index contributed by atoms with van der Waals surface area (Å²) in [5.74, 6) is 0. The van der Waals surface area contributed by atoms with Gasteiger partial charge in [0.05, 0.1) is 0 Å². The van der Waals surface area contributed by atoms with Gasteiger partial charge >= 0.3 is 31.8 Å². The van der Waals surface area contributed by atoms with Crippen LogP contribution in [-0.2, 0) is 0 Å². The zero-order valence-electron chi connectivity index (χ0n) is 6.09. The third-order valence-electron chi connectivity index (χ3n) is 1.33.